The van der Waals surface area contributed by atoms with Gasteiger partial charge in [-0.25, -0.2) is 13.1 Å². The van der Waals surface area contributed by atoms with Crippen LogP contribution in [-0.4, -0.2) is 40.4 Å². The third-order valence-corrected chi connectivity index (χ3v) is 4.07. The van der Waals surface area contributed by atoms with Crippen molar-refractivity contribution in [3.63, 3.8) is 0 Å². The van der Waals surface area contributed by atoms with Gasteiger partial charge in [0.15, 0.2) is 0 Å². The average Bonchev–Trinajstić information content (AvgIpc) is 2.45. The summed E-state index contributed by atoms with van der Waals surface area (Å²) in [6, 6.07) is 6.46. The van der Waals surface area contributed by atoms with Crippen molar-refractivity contribution in [3.8, 4) is 11.8 Å². The fourth-order valence-corrected chi connectivity index (χ4v) is 2.83. The van der Waals surface area contributed by atoms with Crippen LogP contribution >= 0.6 is 0 Å². The van der Waals surface area contributed by atoms with Crippen LogP contribution in [0.3, 0.4) is 0 Å². The van der Waals surface area contributed by atoms with Crippen LogP contribution in [0, 0.1) is 11.8 Å². The predicted molar refractivity (Wildman–Crippen MR) is 76.7 cm³/mol. The molecule has 0 spiro atoms. The quantitative estimate of drug-likeness (QED) is 0.575. The fraction of sp³-hybridized carbons (Fsp3) is 0.429. The highest BCUT2D eigenvalue weighted by Crippen LogP contribution is 2.14. The number of methoxy groups -OCH3 is 1. The van der Waals surface area contributed by atoms with Crippen molar-refractivity contribution < 1.29 is 18.3 Å². The van der Waals surface area contributed by atoms with Crippen LogP contribution in [0.2, 0.25) is 0 Å². The maximum atomic E-state index is 12.2. The molecule has 0 atom stereocenters. The summed E-state index contributed by atoms with van der Waals surface area (Å²) in [6.45, 7) is 0.659. The molecule has 5 nitrogen and oxygen atoms in total. The fourth-order valence-electron chi connectivity index (χ4n) is 1.59. The van der Waals surface area contributed by atoms with E-state index in [0.717, 1.165) is 6.42 Å². The van der Waals surface area contributed by atoms with E-state index in [1.165, 1.54) is 6.07 Å². The highest BCUT2D eigenvalue weighted by Gasteiger charge is 2.16. The van der Waals surface area contributed by atoms with Crippen molar-refractivity contribution in [1.82, 2.24) is 4.72 Å². The number of hydrogen-bond acceptors (Lipinski definition) is 4. The summed E-state index contributed by atoms with van der Waals surface area (Å²) >= 11 is 0. The first kappa shape index (κ1) is 16.7. The number of ether oxygens (including phenoxy) is 1. The third kappa shape index (κ3) is 5.31. The van der Waals surface area contributed by atoms with Crippen molar-refractivity contribution in [3.05, 3.63) is 29.8 Å². The molecule has 2 N–H and O–H groups in total. The van der Waals surface area contributed by atoms with E-state index >= 15 is 0 Å². The molecule has 0 radical (unpaired) electrons. The van der Waals surface area contributed by atoms with Gasteiger partial charge in [0.05, 0.1) is 4.90 Å². The van der Waals surface area contributed by atoms with Crippen LogP contribution in [0.25, 0.3) is 0 Å². The molecule has 1 rings (SSSR count). The molecule has 0 aliphatic carbocycles. The summed E-state index contributed by atoms with van der Waals surface area (Å²) < 4.78 is 31.8. The third-order valence-electron chi connectivity index (χ3n) is 2.55. The van der Waals surface area contributed by atoms with Gasteiger partial charge in [0.1, 0.15) is 6.61 Å². The lowest BCUT2D eigenvalue weighted by atomic mass is 10.2. The van der Waals surface area contributed by atoms with E-state index in [2.05, 4.69) is 16.6 Å². The lowest BCUT2D eigenvalue weighted by molar-refractivity contribution is 0.193. The van der Waals surface area contributed by atoms with Crippen LogP contribution in [0.4, 0.5) is 0 Å². The molecule has 20 heavy (non-hydrogen) atoms. The Kier molecular flexibility index (Phi) is 7.26. The first-order valence-corrected chi connectivity index (χ1v) is 7.77. The highest BCUT2D eigenvalue weighted by molar-refractivity contribution is 7.89. The summed E-state index contributed by atoms with van der Waals surface area (Å²) in [5.74, 6) is 5.10. The second kappa shape index (κ2) is 8.72. The van der Waals surface area contributed by atoms with Gasteiger partial charge < -0.3 is 9.84 Å². The molecule has 6 heteroatoms. The maximum absolute atomic E-state index is 12.2. The van der Waals surface area contributed by atoms with Crippen molar-refractivity contribution in [1.29, 1.82) is 0 Å². The molecule has 0 aromatic heterocycles. The minimum absolute atomic E-state index is 0.132. The lowest BCUT2D eigenvalue weighted by Gasteiger charge is -2.08. The molecular formula is C14H19NO4S. The van der Waals surface area contributed by atoms with Gasteiger partial charge >= 0.3 is 0 Å². The van der Waals surface area contributed by atoms with E-state index in [0.29, 0.717) is 25.1 Å². The molecule has 0 unspecified atom stereocenters. The number of aliphatic hydroxyl groups is 1. The molecule has 0 bridgehead atoms. The number of hydrogen-bond donors (Lipinski definition) is 2. The summed E-state index contributed by atoms with van der Waals surface area (Å²) in [5, 5.41) is 8.69. The first-order valence-electron chi connectivity index (χ1n) is 6.29. The van der Waals surface area contributed by atoms with Gasteiger partial charge in [-0.05, 0) is 25.0 Å². The minimum atomic E-state index is -3.58. The predicted octanol–water partition coefficient (Wildman–Crippen LogP) is 0.735. The van der Waals surface area contributed by atoms with Crippen molar-refractivity contribution >= 4 is 10.0 Å². The maximum Gasteiger partial charge on any atom is 0.241 e. The molecule has 0 fully saturated rings. The Morgan fingerprint density at radius 1 is 1.30 bits per heavy atom. The SMILES string of the molecule is COCCCCNS(=O)(=O)c1ccccc1C#CCO. The van der Waals surface area contributed by atoms with Gasteiger partial charge in [-0.1, -0.05) is 24.0 Å². The summed E-state index contributed by atoms with van der Waals surface area (Å²) in [6.07, 6.45) is 1.50. The van der Waals surface area contributed by atoms with E-state index < -0.39 is 10.0 Å². The van der Waals surface area contributed by atoms with E-state index in [4.69, 9.17) is 9.84 Å². The number of benzene rings is 1. The van der Waals surface area contributed by atoms with Gasteiger partial charge in [0.25, 0.3) is 0 Å². The second-order valence-corrected chi connectivity index (χ2v) is 5.79. The summed E-state index contributed by atoms with van der Waals surface area (Å²) in [7, 11) is -1.97. The highest BCUT2D eigenvalue weighted by atomic mass is 32.2. The lowest BCUT2D eigenvalue weighted by Crippen LogP contribution is -2.25. The van der Waals surface area contributed by atoms with Gasteiger partial charge in [0.2, 0.25) is 10.0 Å². The summed E-state index contributed by atoms with van der Waals surface area (Å²) in [4.78, 5) is 0.132. The standard InChI is InChI=1S/C14H19NO4S/c1-19-12-5-4-10-15-20(17,18)14-9-3-2-7-13(14)8-6-11-16/h2-3,7,9,15-16H,4-5,10-12H2,1H3. The molecule has 0 aliphatic rings. The van der Waals surface area contributed by atoms with Gasteiger partial charge in [-0.15, -0.1) is 0 Å². The number of rotatable bonds is 7. The smallest absolute Gasteiger partial charge is 0.241 e. The zero-order valence-corrected chi connectivity index (χ0v) is 12.2. The van der Waals surface area contributed by atoms with Crippen LogP contribution in [-0.2, 0) is 14.8 Å². The molecule has 0 saturated carbocycles. The van der Waals surface area contributed by atoms with Gasteiger partial charge in [-0.2, -0.15) is 0 Å². The van der Waals surface area contributed by atoms with E-state index in [9.17, 15) is 8.42 Å². The van der Waals surface area contributed by atoms with Crippen molar-refractivity contribution in [2.24, 2.45) is 0 Å². The topological polar surface area (TPSA) is 75.6 Å². The normalized spacial score (nSPS) is 10.9. The second-order valence-electron chi connectivity index (χ2n) is 4.05. The Morgan fingerprint density at radius 2 is 2.05 bits per heavy atom. The van der Waals surface area contributed by atoms with Crippen LogP contribution in [0.15, 0.2) is 29.2 Å². The van der Waals surface area contributed by atoms with E-state index in [-0.39, 0.29) is 11.5 Å². The molecule has 0 heterocycles. The Hall–Kier alpha value is -1.39. The summed E-state index contributed by atoms with van der Waals surface area (Å²) in [5.41, 5.74) is 0.381. The molecule has 1 aromatic carbocycles. The van der Waals surface area contributed by atoms with Crippen LogP contribution in [0.1, 0.15) is 18.4 Å². The Labute approximate surface area is 120 Å². The largest absolute Gasteiger partial charge is 0.385 e. The van der Waals surface area contributed by atoms with E-state index in [1.807, 2.05) is 0 Å². The van der Waals surface area contributed by atoms with Gasteiger partial charge in [0, 0.05) is 25.8 Å². The number of sulfonamides is 1. The molecule has 0 saturated heterocycles. The van der Waals surface area contributed by atoms with Crippen LogP contribution in [0.5, 0.6) is 0 Å². The molecule has 1 aromatic rings. The van der Waals surface area contributed by atoms with Crippen LogP contribution < -0.4 is 4.72 Å². The zero-order valence-electron chi connectivity index (χ0n) is 11.4. The molecule has 0 amide bonds. The Balaban J connectivity index is 2.77. The minimum Gasteiger partial charge on any atom is -0.385 e. The van der Waals surface area contributed by atoms with Gasteiger partial charge in [-0.3, -0.25) is 0 Å². The Morgan fingerprint density at radius 3 is 2.75 bits per heavy atom. The Bertz CT molecular complexity index is 572. The molecule has 0 aliphatic heterocycles. The average molecular weight is 297 g/mol. The molecule has 110 valence electrons. The monoisotopic (exact) mass is 297 g/mol. The molecular weight excluding hydrogens is 278 g/mol. The number of unbranched alkanes of at least 4 members (excludes halogenated alkanes) is 1. The number of nitrogens with one attached hydrogen (secondary N) is 1. The first-order chi connectivity index (χ1) is 9.61. The van der Waals surface area contributed by atoms with Crippen molar-refractivity contribution in [2.75, 3.05) is 26.9 Å². The number of aliphatic hydroxyl groups excluding tert-OH is 1. The van der Waals surface area contributed by atoms with E-state index in [1.54, 1.807) is 25.3 Å². The zero-order chi connectivity index (χ0) is 14.8. The van der Waals surface area contributed by atoms with Crippen molar-refractivity contribution in [2.45, 2.75) is 17.7 Å².